The maximum Gasteiger partial charge on any atom is 0.407 e. The predicted molar refractivity (Wildman–Crippen MR) is 134 cm³/mol. The van der Waals surface area contributed by atoms with Crippen molar-refractivity contribution in [1.29, 1.82) is 0 Å². The van der Waals surface area contributed by atoms with Gasteiger partial charge in [0.25, 0.3) is 0 Å². The van der Waals surface area contributed by atoms with Crippen LogP contribution in [0.5, 0.6) is 0 Å². The quantitative estimate of drug-likeness (QED) is 0.523. The van der Waals surface area contributed by atoms with Crippen LogP contribution < -0.4 is 10.6 Å². The number of rotatable bonds is 6. The Bertz CT molecular complexity index is 1010. The number of alkyl carbamates (subject to hydrolysis) is 1. The Kier molecular flexibility index (Phi) is 8.71. The number of amides is 3. The molecule has 0 radical (unpaired) electrons. The van der Waals surface area contributed by atoms with Crippen molar-refractivity contribution in [3.63, 3.8) is 0 Å². The van der Waals surface area contributed by atoms with Gasteiger partial charge in [0.1, 0.15) is 5.60 Å². The second-order valence-electron chi connectivity index (χ2n) is 9.45. The van der Waals surface area contributed by atoms with E-state index in [9.17, 15) is 9.59 Å². The largest absolute Gasteiger partial charge is 0.444 e. The molecule has 2 heterocycles. The van der Waals surface area contributed by atoms with E-state index in [1.165, 1.54) is 0 Å². The molecule has 1 aromatic heterocycles. The van der Waals surface area contributed by atoms with E-state index in [1.807, 2.05) is 49.5 Å². The molecule has 10 heteroatoms. The molecule has 0 atom stereocenters. The fourth-order valence-corrected chi connectivity index (χ4v) is 4.37. The fraction of sp³-hybridized carbons (Fsp3) is 0.542. The molecular formula is C24H33Cl2N5O3. The number of hydrogen-bond donors (Lipinski definition) is 2. The standard InChI is InChI=1S/C24H33Cl2N5O3/c1-24(2,3)34-23(33)28-12-6-11-27-22(32)31-13-9-16(10-14-31)20-15-19(29-30(20)4)17-7-5-8-18(25)21(17)26/h5,7-8,15-16H,6,9-14H2,1-4H3,(H,27,32)(H,28,33). The highest BCUT2D eigenvalue weighted by molar-refractivity contribution is 6.43. The van der Waals surface area contributed by atoms with E-state index >= 15 is 0 Å². The SMILES string of the molecule is Cn1nc(-c2cccc(Cl)c2Cl)cc1C1CCN(C(=O)NCCCNC(=O)OC(C)(C)C)CC1. The Balaban J connectivity index is 1.44. The van der Waals surface area contributed by atoms with E-state index in [-0.39, 0.29) is 6.03 Å². The van der Waals surface area contributed by atoms with Gasteiger partial charge >= 0.3 is 12.1 Å². The summed E-state index contributed by atoms with van der Waals surface area (Å²) in [7, 11) is 1.93. The lowest BCUT2D eigenvalue weighted by atomic mass is 9.93. The smallest absolute Gasteiger partial charge is 0.407 e. The van der Waals surface area contributed by atoms with Gasteiger partial charge < -0.3 is 20.3 Å². The Hall–Kier alpha value is -2.45. The number of halogens is 2. The number of nitrogens with one attached hydrogen (secondary N) is 2. The summed E-state index contributed by atoms with van der Waals surface area (Å²) in [5.74, 6) is 0.311. The molecule has 0 unspecified atom stereocenters. The molecule has 0 bridgehead atoms. The number of piperidine rings is 1. The molecule has 0 spiro atoms. The van der Waals surface area contributed by atoms with E-state index in [2.05, 4.69) is 21.8 Å². The van der Waals surface area contributed by atoms with Gasteiger partial charge in [-0.15, -0.1) is 0 Å². The fourth-order valence-electron chi connectivity index (χ4n) is 3.98. The first-order chi connectivity index (χ1) is 16.0. The molecule has 2 N–H and O–H groups in total. The molecule has 1 fully saturated rings. The van der Waals surface area contributed by atoms with Crippen molar-refractivity contribution in [1.82, 2.24) is 25.3 Å². The lowest BCUT2D eigenvalue weighted by Gasteiger charge is -2.32. The number of carbonyl (C=O) groups excluding carboxylic acids is 2. The summed E-state index contributed by atoms with van der Waals surface area (Å²) in [4.78, 5) is 26.0. The van der Waals surface area contributed by atoms with Gasteiger partial charge in [0.15, 0.2) is 0 Å². The van der Waals surface area contributed by atoms with E-state index in [0.717, 1.165) is 29.8 Å². The average molecular weight is 510 g/mol. The Morgan fingerprint density at radius 3 is 2.50 bits per heavy atom. The van der Waals surface area contributed by atoms with Gasteiger partial charge in [0.05, 0.1) is 15.7 Å². The molecule has 34 heavy (non-hydrogen) atoms. The topological polar surface area (TPSA) is 88.5 Å². The molecule has 8 nitrogen and oxygen atoms in total. The molecule has 2 aromatic rings. The lowest BCUT2D eigenvalue weighted by Crippen LogP contribution is -2.45. The lowest BCUT2D eigenvalue weighted by molar-refractivity contribution is 0.0527. The van der Waals surface area contributed by atoms with Crippen molar-refractivity contribution in [3.8, 4) is 11.3 Å². The summed E-state index contributed by atoms with van der Waals surface area (Å²) in [5.41, 5.74) is 2.21. The monoisotopic (exact) mass is 509 g/mol. The van der Waals surface area contributed by atoms with Crippen LogP contribution in [0.25, 0.3) is 11.3 Å². The van der Waals surface area contributed by atoms with Crippen molar-refractivity contribution in [2.24, 2.45) is 7.05 Å². The van der Waals surface area contributed by atoms with Crippen LogP contribution in [-0.2, 0) is 11.8 Å². The molecule has 0 saturated carbocycles. The highest BCUT2D eigenvalue weighted by atomic mass is 35.5. The highest BCUT2D eigenvalue weighted by Gasteiger charge is 2.26. The van der Waals surface area contributed by atoms with Gasteiger partial charge in [-0.3, -0.25) is 4.68 Å². The zero-order valence-corrected chi connectivity index (χ0v) is 21.7. The Labute approximate surface area is 210 Å². The zero-order valence-electron chi connectivity index (χ0n) is 20.2. The predicted octanol–water partition coefficient (Wildman–Crippen LogP) is 5.20. The minimum absolute atomic E-state index is 0.0767. The number of aryl methyl sites for hydroxylation is 1. The third kappa shape index (κ3) is 7.03. The van der Waals surface area contributed by atoms with E-state index in [4.69, 9.17) is 27.9 Å². The second-order valence-corrected chi connectivity index (χ2v) is 10.2. The third-order valence-corrected chi connectivity index (χ3v) is 6.46. The van der Waals surface area contributed by atoms with Gasteiger partial charge in [-0.25, -0.2) is 9.59 Å². The molecular weight excluding hydrogens is 477 g/mol. The average Bonchev–Trinajstić information content (AvgIpc) is 3.15. The third-order valence-electron chi connectivity index (χ3n) is 5.64. The number of urea groups is 1. The maximum atomic E-state index is 12.5. The molecule has 3 amide bonds. The van der Waals surface area contributed by atoms with Crippen LogP contribution in [0.4, 0.5) is 9.59 Å². The van der Waals surface area contributed by atoms with Crippen LogP contribution in [0, 0.1) is 0 Å². The van der Waals surface area contributed by atoms with Crippen LogP contribution in [0.2, 0.25) is 10.0 Å². The summed E-state index contributed by atoms with van der Waals surface area (Å²) in [6, 6.07) is 7.52. The van der Waals surface area contributed by atoms with Crippen LogP contribution in [0.15, 0.2) is 24.3 Å². The minimum Gasteiger partial charge on any atom is -0.444 e. The first kappa shape index (κ1) is 26.2. The van der Waals surface area contributed by atoms with E-state index in [0.29, 0.717) is 48.6 Å². The van der Waals surface area contributed by atoms with Gasteiger partial charge in [0, 0.05) is 50.4 Å². The molecule has 3 rings (SSSR count). The van der Waals surface area contributed by atoms with Gasteiger partial charge in [-0.1, -0.05) is 35.3 Å². The molecule has 1 saturated heterocycles. The first-order valence-electron chi connectivity index (χ1n) is 11.5. The van der Waals surface area contributed by atoms with Crippen LogP contribution in [0.3, 0.4) is 0 Å². The number of aromatic nitrogens is 2. The summed E-state index contributed by atoms with van der Waals surface area (Å²) in [6.07, 6.45) is 1.90. The van der Waals surface area contributed by atoms with Crippen LogP contribution in [-0.4, -0.2) is 58.6 Å². The number of likely N-dealkylation sites (tertiary alicyclic amines) is 1. The van der Waals surface area contributed by atoms with Crippen molar-refractivity contribution < 1.29 is 14.3 Å². The van der Waals surface area contributed by atoms with Crippen LogP contribution >= 0.6 is 23.2 Å². The van der Waals surface area contributed by atoms with Crippen molar-refractivity contribution in [2.45, 2.75) is 51.6 Å². The van der Waals surface area contributed by atoms with Gasteiger partial charge in [-0.2, -0.15) is 5.10 Å². The summed E-state index contributed by atoms with van der Waals surface area (Å²) in [6.45, 7) is 7.72. The summed E-state index contributed by atoms with van der Waals surface area (Å²) in [5, 5.41) is 11.3. The maximum absolute atomic E-state index is 12.5. The highest BCUT2D eigenvalue weighted by Crippen LogP contribution is 2.35. The molecule has 0 aliphatic carbocycles. The number of carbonyl (C=O) groups is 2. The normalized spacial score (nSPS) is 14.7. The summed E-state index contributed by atoms with van der Waals surface area (Å²) >= 11 is 12.5. The number of hydrogen-bond acceptors (Lipinski definition) is 4. The van der Waals surface area contributed by atoms with Crippen molar-refractivity contribution >= 4 is 35.3 Å². The van der Waals surface area contributed by atoms with E-state index < -0.39 is 11.7 Å². The van der Waals surface area contributed by atoms with Crippen molar-refractivity contribution in [3.05, 3.63) is 40.0 Å². The number of nitrogens with zero attached hydrogens (tertiary/aromatic N) is 3. The van der Waals surface area contributed by atoms with Gasteiger partial charge in [0.2, 0.25) is 0 Å². The number of ether oxygens (including phenoxy) is 1. The zero-order chi connectivity index (χ0) is 24.9. The first-order valence-corrected chi connectivity index (χ1v) is 12.3. The summed E-state index contributed by atoms with van der Waals surface area (Å²) < 4.78 is 7.08. The molecule has 1 aromatic carbocycles. The van der Waals surface area contributed by atoms with Crippen LogP contribution in [0.1, 0.15) is 51.6 Å². The molecule has 1 aliphatic heterocycles. The minimum atomic E-state index is -0.524. The Morgan fingerprint density at radius 1 is 1.15 bits per heavy atom. The number of benzene rings is 1. The van der Waals surface area contributed by atoms with Crippen molar-refractivity contribution in [2.75, 3.05) is 26.2 Å². The molecule has 1 aliphatic rings. The van der Waals surface area contributed by atoms with Gasteiger partial charge in [-0.05, 0) is 52.2 Å². The Morgan fingerprint density at radius 2 is 1.82 bits per heavy atom. The molecule has 186 valence electrons. The second kappa shape index (κ2) is 11.3. The van der Waals surface area contributed by atoms with E-state index in [1.54, 1.807) is 6.07 Å².